The van der Waals surface area contributed by atoms with Crippen LogP contribution in [0.25, 0.3) is 0 Å². The summed E-state index contributed by atoms with van der Waals surface area (Å²) >= 11 is 1.86. The number of aromatic nitrogens is 2. The van der Waals surface area contributed by atoms with E-state index in [2.05, 4.69) is 48.0 Å². The predicted octanol–water partition coefficient (Wildman–Crippen LogP) is 3.51. The summed E-state index contributed by atoms with van der Waals surface area (Å²) < 4.78 is 2.00. The van der Waals surface area contributed by atoms with E-state index in [0.29, 0.717) is 6.04 Å². The van der Waals surface area contributed by atoms with Crippen LogP contribution in [0.4, 0.5) is 0 Å². The summed E-state index contributed by atoms with van der Waals surface area (Å²) in [4.78, 5) is 1.50. The molecule has 0 saturated heterocycles. The molecular formula is C16H25N3S. The van der Waals surface area contributed by atoms with Crippen molar-refractivity contribution in [2.75, 3.05) is 6.54 Å². The van der Waals surface area contributed by atoms with Crippen molar-refractivity contribution in [3.05, 3.63) is 40.3 Å². The number of rotatable bonds is 9. The third-order valence-electron chi connectivity index (χ3n) is 3.54. The fourth-order valence-corrected chi connectivity index (χ4v) is 3.26. The molecule has 0 spiro atoms. The molecule has 0 aliphatic carbocycles. The van der Waals surface area contributed by atoms with Gasteiger partial charge >= 0.3 is 0 Å². The van der Waals surface area contributed by atoms with Gasteiger partial charge in [-0.25, -0.2) is 0 Å². The van der Waals surface area contributed by atoms with Gasteiger partial charge < -0.3 is 5.32 Å². The molecule has 0 aliphatic rings. The van der Waals surface area contributed by atoms with Crippen molar-refractivity contribution in [1.29, 1.82) is 0 Å². The SMILES string of the molecule is CCNC(CCCc1cccs1)Cc1cnn(CC)c1. The molecule has 2 aromatic rings. The maximum atomic E-state index is 4.36. The zero-order chi connectivity index (χ0) is 14.2. The number of hydrogen-bond acceptors (Lipinski definition) is 3. The Bertz CT molecular complexity index is 476. The zero-order valence-electron chi connectivity index (χ0n) is 12.5. The highest BCUT2D eigenvalue weighted by Crippen LogP contribution is 2.14. The highest BCUT2D eigenvalue weighted by Gasteiger charge is 2.10. The molecule has 1 unspecified atom stereocenters. The van der Waals surface area contributed by atoms with E-state index in [-0.39, 0.29) is 0 Å². The first-order valence-electron chi connectivity index (χ1n) is 7.59. The lowest BCUT2D eigenvalue weighted by atomic mass is 10.0. The van der Waals surface area contributed by atoms with Gasteiger partial charge in [-0.2, -0.15) is 5.10 Å². The van der Waals surface area contributed by atoms with Crippen molar-refractivity contribution in [3.8, 4) is 0 Å². The first kappa shape index (κ1) is 15.3. The molecule has 0 amide bonds. The van der Waals surface area contributed by atoms with Gasteiger partial charge in [0.15, 0.2) is 0 Å². The zero-order valence-corrected chi connectivity index (χ0v) is 13.3. The lowest BCUT2D eigenvalue weighted by Gasteiger charge is -2.16. The standard InChI is InChI=1S/C16H25N3S/c1-3-17-15(7-5-8-16-9-6-10-20-16)11-14-12-18-19(4-2)13-14/h6,9-10,12-13,15,17H,3-5,7-8,11H2,1-2H3. The second-order valence-electron chi connectivity index (χ2n) is 5.13. The molecule has 0 aliphatic heterocycles. The van der Waals surface area contributed by atoms with Crippen molar-refractivity contribution >= 4 is 11.3 Å². The average Bonchev–Trinajstić information content (AvgIpc) is 3.10. The third kappa shape index (κ3) is 4.76. The second kappa shape index (κ2) is 8.22. The molecule has 1 atom stereocenters. The molecule has 2 rings (SSSR count). The molecule has 0 radical (unpaired) electrons. The molecule has 1 N–H and O–H groups in total. The lowest BCUT2D eigenvalue weighted by molar-refractivity contribution is 0.477. The Hall–Kier alpha value is -1.13. The van der Waals surface area contributed by atoms with E-state index in [4.69, 9.17) is 0 Å². The number of likely N-dealkylation sites (N-methyl/N-ethyl adjacent to an activating group) is 1. The van der Waals surface area contributed by atoms with Crippen LogP contribution in [0.5, 0.6) is 0 Å². The highest BCUT2D eigenvalue weighted by atomic mass is 32.1. The van der Waals surface area contributed by atoms with Gasteiger partial charge in [-0.05, 0) is 56.2 Å². The van der Waals surface area contributed by atoms with Crippen LogP contribution in [0.3, 0.4) is 0 Å². The van der Waals surface area contributed by atoms with Crippen molar-refractivity contribution in [1.82, 2.24) is 15.1 Å². The molecule has 20 heavy (non-hydrogen) atoms. The Balaban J connectivity index is 1.80. The van der Waals surface area contributed by atoms with Crippen molar-refractivity contribution in [2.24, 2.45) is 0 Å². The van der Waals surface area contributed by atoms with Crippen LogP contribution >= 0.6 is 11.3 Å². The van der Waals surface area contributed by atoms with Gasteiger partial charge in [-0.3, -0.25) is 4.68 Å². The summed E-state index contributed by atoms with van der Waals surface area (Å²) in [7, 11) is 0. The largest absolute Gasteiger partial charge is 0.314 e. The van der Waals surface area contributed by atoms with Gasteiger partial charge in [0.25, 0.3) is 0 Å². The molecule has 4 heteroatoms. The van der Waals surface area contributed by atoms with Gasteiger partial charge in [-0.1, -0.05) is 13.0 Å². The van der Waals surface area contributed by atoms with Gasteiger partial charge in [0.05, 0.1) is 6.20 Å². The van der Waals surface area contributed by atoms with E-state index in [9.17, 15) is 0 Å². The Morgan fingerprint density at radius 3 is 2.95 bits per heavy atom. The monoisotopic (exact) mass is 291 g/mol. The summed E-state index contributed by atoms with van der Waals surface area (Å²) in [5.41, 5.74) is 1.34. The van der Waals surface area contributed by atoms with E-state index in [0.717, 1.165) is 19.5 Å². The fraction of sp³-hybridized carbons (Fsp3) is 0.562. The van der Waals surface area contributed by atoms with E-state index < -0.39 is 0 Å². The summed E-state index contributed by atoms with van der Waals surface area (Å²) in [6.45, 7) is 6.29. The Morgan fingerprint density at radius 2 is 2.30 bits per heavy atom. The highest BCUT2D eigenvalue weighted by molar-refractivity contribution is 7.09. The van der Waals surface area contributed by atoms with Crippen molar-refractivity contribution in [3.63, 3.8) is 0 Å². The van der Waals surface area contributed by atoms with Gasteiger partial charge in [0.1, 0.15) is 0 Å². The molecule has 2 heterocycles. The molecule has 0 saturated carbocycles. The van der Waals surface area contributed by atoms with Crippen LogP contribution in [0.2, 0.25) is 0 Å². The topological polar surface area (TPSA) is 29.9 Å². The minimum atomic E-state index is 0.564. The van der Waals surface area contributed by atoms with Crippen molar-refractivity contribution < 1.29 is 0 Å². The molecule has 0 fully saturated rings. The third-order valence-corrected chi connectivity index (χ3v) is 4.48. The lowest BCUT2D eigenvalue weighted by Crippen LogP contribution is -2.30. The van der Waals surface area contributed by atoms with Crippen LogP contribution in [0.15, 0.2) is 29.9 Å². The number of thiophene rings is 1. The summed E-state index contributed by atoms with van der Waals surface area (Å²) in [5.74, 6) is 0. The maximum Gasteiger partial charge on any atom is 0.0522 e. The molecule has 110 valence electrons. The Labute approximate surface area is 126 Å². The first-order chi connectivity index (χ1) is 9.81. The Kier molecular flexibility index (Phi) is 6.27. The average molecular weight is 291 g/mol. The van der Waals surface area contributed by atoms with E-state index >= 15 is 0 Å². The van der Waals surface area contributed by atoms with Crippen molar-refractivity contribution in [2.45, 2.75) is 52.1 Å². The minimum Gasteiger partial charge on any atom is -0.314 e. The van der Waals surface area contributed by atoms with Crippen LogP contribution in [0.1, 0.15) is 37.1 Å². The quantitative estimate of drug-likeness (QED) is 0.766. The van der Waals surface area contributed by atoms with Crippen LogP contribution in [-0.2, 0) is 19.4 Å². The number of aryl methyl sites for hydroxylation is 2. The molecular weight excluding hydrogens is 266 g/mol. The molecule has 2 aromatic heterocycles. The smallest absolute Gasteiger partial charge is 0.0522 e. The second-order valence-corrected chi connectivity index (χ2v) is 6.17. The molecule has 0 aromatic carbocycles. The summed E-state index contributed by atoms with van der Waals surface area (Å²) in [6.07, 6.45) is 8.94. The van der Waals surface area contributed by atoms with E-state index in [1.54, 1.807) is 0 Å². The van der Waals surface area contributed by atoms with E-state index in [1.807, 2.05) is 22.2 Å². The van der Waals surface area contributed by atoms with Crippen LogP contribution in [0, 0.1) is 0 Å². The molecule has 3 nitrogen and oxygen atoms in total. The van der Waals surface area contributed by atoms with Crippen LogP contribution < -0.4 is 5.32 Å². The number of nitrogens with one attached hydrogen (secondary N) is 1. The normalized spacial score (nSPS) is 12.7. The van der Waals surface area contributed by atoms with Gasteiger partial charge in [-0.15, -0.1) is 11.3 Å². The Morgan fingerprint density at radius 1 is 1.40 bits per heavy atom. The number of hydrogen-bond donors (Lipinski definition) is 1. The van der Waals surface area contributed by atoms with Gasteiger partial charge in [0.2, 0.25) is 0 Å². The van der Waals surface area contributed by atoms with Crippen LogP contribution in [-0.4, -0.2) is 22.4 Å². The summed E-state index contributed by atoms with van der Waals surface area (Å²) in [5, 5.41) is 10.1. The van der Waals surface area contributed by atoms with E-state index in [1.165, 1.54) is 29.7 Å². The maximum absolute atomic E-state index is 4.36. The number of nitrogens with zero attached hydrogens (tertiary/aromatic N) is 2. The fourth-order valence-electron chi connectivity index (χ4n) is 2.51. The minimum absolute atomic E-state index is 0.564. The van der Waals surface area contributed by atoms with Gasteiger partial charge in [0, 0.05) is 23.7 Å². The predicted molar refractivity (Wildman–Crippen MR) is 86.3 cm³/mol. The first-order valence-corrected chi connectivity index (χ1v) is 8.46. The molecule has 0 bridgehead atoms. The summed E-state index contributed by atoms with van der Waals surface area (Å²) in [6, 6.07) is 4.94.